The number of fused-ring (bicyclic) bond motifs is 2. The van der Waals surface area contributed by atoms with Crippen LogP contribution in [0.4, 0.5) is 6.01 Å². The predicted octanol–water partition coefficient (Wildman–Crippen LogP) is 2.46. The summed E-state index contributed by atoms with van der Waals surface area (Å²) in [6, 6.07) is 10.2. The summed E-state index contributed by atoms with van der Waals surface area (Å²) in [5.74, 6) is -0.00462. The van der Waals surface area contributed by atoms with Crippen LogP contribution in [0.25, 0.3) is 22.1 Å². The number of aromatic nitrogens is 4. The highest BCUT2D eigenvalue weighted by Gasteiger charge is 2.23. The number of hydrogen-bond donors (Lipinski definition) is 0. The van der Waals surface area contributed by atoms with Crippen molar-refractivity contribution in [2.24, 2.45) is 7.05 Å². The summed E-state index contributed by atoms with van der Waals surface area (Å²) in [7, 11) is 1.85. The predicted molar refractivity (Wildman–Crippen MR) is 105 cm³/mol. The van der Waals surface area contributed by atoms with Crippen molar-refractivity contribution in [3.8, 4) is 0 Å². The Labute approximate surface area is 161 Å². The number of oxazole rings is 1. The number of para-hydroxylation sites is 2. The SMILES string of the molecule is Cn1ncc2ncc(C(=O)N3CCCN(c4nc5ccccc5o4)CC3)cc21. The Hall–Kier alpha value is -3.42. The Morgan fingerprint density at radius 1 is 1.07 bits per heavy atom. The van der Waals surface area contributed by atoms with Crippen LogP contribution in [0.5, 0.6) is 0 Å². The minimum atomic E-state index is -0.00462. The van der Waals surface area contributed by atoms with Crippen LogP contribution in [0.2, 0.25) is 0 Å². The van der Waals surface area contributed by atoms with E-state index in [9.17, 15) is 4.79 Å². The first kappa shape index (κ1) is 16.7. The molecule has 1 aromatic carbocycles. The highest BCUT2D eigenvalue weighted by Crippen LogP contribution is 2.23. The van der Waals surface area contributed by atoms with E-state index in [0.717, 1.165) is 35.1 Å². The summed E-state index contributed by atoms with van der Waals surface area (Å²) >= 11 is 0. The van der Waals surface area contributed by atoms with E-state index in [1.54, 1.807) is 17.1 Å². The second kappa shape index (κ2) is 6.63. The number of aryl methyl sites for hydroxylation is 1. The maximum Gasteiger partial charge on any atom is 0.298 e. The highest BCUT2D eigenvalue weighted by molar-refractivity contribution is 5.96. The van der Waals surface area contributed by atoms with Crippen LogP contribution in [0.15, 0.2) is 47.1 Å². The molecule has 4 heterocycles. The fourth-order valence-electron chi connectivity index (χ4n) is 3.63. The van der Waals surface area contributed by atoms with Crippen molar-refractivity contribution >= 4 is 34.1 Å². The number of carbonyl (C=O) groups excluding carboxylic acids is 1. The van der Waals surface area contributed by atoms with Gasteiger partial charge in [0.05, 0.1) is 17.3 Å². The summed E-state index contributed by atoms with van der Waals surface area (Å²) in [6.07, 6.45) is 4.19. The van der Waals surface area contributed by atoms with E-state index in [1.807, 2.05) is 42.3 Å². The average molecular weight is 376 g/mol. The molecular weight excluding hydrogens is 356 g/mol. The second-order valence-corrected chi connectivity index (χ2v) is 6.99. The zero-order chi connectivity index (χ0) is 19.1. The monoisotopic (exact) mass is 376 g/mol. The van der Waals surface area contributed by atoms with Crippen LogP contribution in [0.1, 0.15) is 16.8 Å². The van der Waals surface area contributed by atoms with Crippen LogP contribution in [0.3, 0.4) is 0 Å². The Bertz CT molecular complexity index is 1130. The van der Waals surface area contributed by atoms with E-state index >= 15 is 0 Å². The standard InChI is InChI=1S/C20H20N6O2/c1-24-17-11-14(12-21-16(17)13-22-24)19(27)25-7-4-8-26(10-9-25)20-23-15-5-2-3-6-18(15)28-20/h2-3,5-6,11-13H,4,7-10H2,1H3. The molecule has 0 spiro atoms. The van der Waals surface area contributed by atoms with Crippen molar-refractivity contribution in [2.75, 3.05) is 31.1 Å². The van der Waals surface area contributed by atoms with Gasteiger partial charge in [0.15, 0.2) is 5.58 Å². The summed E-state index contributed by atoms with van der Waals surface area (Å²) in [5.41, 5.74) is 3.87. The number of rotatable bonds is 2. The van der Waals surface area contributed by atoms with Crippen molar-refractivity contribution in [1.82, 2.24) is 24.6 Å². The maximum atomic E-state index is 13.0. The third-order valence-corrected chi connectivity index (χ3v) is 5.18. The van der Waals surface area contributed by atoms with Crippen LogP contribution >= 0.6 is 0 Å². The van der Waals surface area contributed by atoms with Gasteiger partial charge < -0.3 is 14.2 Å². The number of pyridine rings is 1. The van der Waals surface area contributed by atoms with Crippen LogP contribution in [0, 0.1) is 0 Å². The number of nitrogens with zero attached hydrogens (tertiary/aromatic N) is 6. The molecule has 0 radical (unpaired) electrons. The average Bonchev–Trinajstić information content (AvgIpc) is 3.22. The molecule has 0 saturated carbocycles. The summed E-state index contributed by atoms with van der Waals surface area (Å²) in [5, 5.41) is 4.19. The molecule has 1 fully saturated rings. The molecular formula is C20H20N6O2. The number of anilines is 1. The third-order valence-electron chi connectivity index (χ3n) is 5.18. The lowest BCUT2D eigenvalue weighted by atomic mass is 10.2. The van der Waals surface area contributed by atoms with Crippen molar-refractivity contribution in [2.45, 2.75) is 6.42 Å². The van der Waals surface area contributed by atoms with Crippen LogP contribution in [-0.2, 0) is 7.05 Å². The smallest absolute Gasteiger partial charge is 0.298 e. The van der Waals surface area contributed by atoms with E-state index in [4.69, 9.17) is 4.42 Å². The molecule has 4 aromatic rings. The Balaban J connectivity index is 1.34. The van der Waals surface area contributed by atoms with Gasteiger partial charge in [-0.05, 0) is 24.6 Å². The van der Waals surface area contributed by atoms with Gasteiger partial charge in [-0.1, -0.05) is 12.1 Å². The van der Waals surface area contributed by atoms with Gasteiger partial charge in [0.25, 0.3) is 11.9 Å². The zero-order valence-corrected chi connectivity index (χ0v) is 15.6. The number of hydrogen-bond acceptors (Lipinski definition) is 6. The van der Waals surface area contributed by atoms with Gasteiger partial charge in [0, 0.05) is 39.4 Å². The molecule has 0 atom stereocenters. The van der Waals surface area contributed by atoms with Crippen LogP contribution < -0.4 is 4.90 Å². The Morgan fingerprint density at radius 2 is 1.96 bits per heavy atom. The number of amides is 1. The van der Waals surface area contributed by atoms with E-state index in [0.29, 0.717) is 31.2 Å². The summed E-state index contributed by atoms with van der Waals surface area (Å²) < 4.78 is 7.62. The molecule has 0 aliphatic carbocycles. The molecule has 1 amide bonds. The summed E-state index contributed by atoms with van der Waals surface area (Å²) in [4.78, 5) is 25.9. The normalized spacial score (nSPS) is 15.3. The molecule has 1 aliphatic rings. The maximum absolute atomic E-state index is 13.0. The Kier molecular flexibility index (Phi) is 3.96. The fourth-order valence-corrected chi connectivity index (χ4v) is 3.63. The lowest BCUT2D eigenvalue weighted by Crippen LogP contribution is -2.35. The van der Waals surface area contributed by atoms with Gasteiger partial charge in [0.2, 0.25) is 0 Å². The van der Waals surface area contributed by atoms with E-state index < -0.39 is 0 Å². The molecule has 0 bridgehead atoms. The number of benzene rings is 1. The van der Waals surface area contributed by atoms with E-state index in [-0.39, 0.29) is 5.91 Å². The molecule has 3 aromatic heterocycles. The molecule has 0 N–H and O–H groups in total. The molecule has 8 nitrogen and oxygen atoms in total. The number of carbonyl (C=O) groups is 1. The fraction of sp³-hybridized carbons (Fsp3) is 0.300. The van der Waals surface area contributed by atoms with E-state index in [2.05, 4.69) is 20.0 Å². The quantitative estimate of drug-likeness (QED) is 0.535. The summed E-state index contributed by atoms with van der Waals surface area (Å²) in [6.45, 7) is 2.79. The zero-order valence-electron chi connectivity index (χ0n) is 15.6. The lowest BCUT2D eigenvalue weighted by molar-refractivity contribution is 0.0766. The topological polar surface area (TPSA) is 80.3 Å². The molecule has 142 valence electrons. The van der Waals surface area contributed by atoms with Gasteiger partial charge in [0.1, 0.15) is 11.0 Å². The van der Waals surface area contributed by atoms with Crippen molar-refractivity contribution in [1.29, 1.82) is 0 Å². The molecule has 1 aliphatic heterocycles. The first-order valence-corrected chi connectivity index (χ1v) is 9.36. The first-order chi connectivity index (χ1) is 13.7. The van der Waals surface area contributed by atoms with Gasteiger partial charge in [-0.15, -0.1) is 0 Å². The lowest BCUT2D eigenvalue weighted by Gasteiger charge is -2.21. The van der Waals surface area contributed by atoms with Crippen LogP contribution in [-0.4, -0.2) is 56.7 Å². The van der Waals surface area contributed by atoms with Gasteiger partial charge >= 0.3 is 0 Å². The highest BCUT2D eigenvalue weighted by atomic mass is 16.4. The molecule has 0 unspecified atom stereocenters. The van der Waals surface area contributed by atoms with Crippen molar-refractivity contribution in [3.63, 3.8) is 0 Å². The van der Waals surface area contributed by atoms with Crippen molar-refractivity contribution in [3.05, 3.63) is 48.3 Å². The third kappa shape index (κ3) is 2.87. The molecule has 8 heteroatoms. The van der Waals surface area contributed by atoms with Gasteiger partial charge in [-0.25, -0.2) is 0 Å². The largest absolute Gasteiger partial charge is 0.423 e. The molecule has 1 saturated heterocycles. The minimum Gasteiger partial charge on any atom is -0.423 e. The molecule has 28 heavy (non-hydrogen) atoms. The minimum absolute atomic E-state index is 0.00462. The van der Waals surface area contributed by atoms with Crippen molar-refractivity contribution < 1.29 is 9.21 Å². The molecule has 5 rings (SSSR count). The van der Waals surface area contributed by atoms with Gasteiger partial charge in [-0.3, -0.25) is 14.5 Å². The second-order valence-electron chi connectivity index (χ2n) is 6.99. The Morgan fingerprint density at radius 3 is 2.86 bits per heavy atom. The first-order valence-electron chi connectivity index (χ1n) is 9.36. The van der Waals surface area contributed by atoms with Gasteiger partial charge in [-0.2, -0.15) is 10.1 Å². The van der Waals surface area contributed by atoms with E-state index in [1.165, 1.54) is 0 Å².